The third kappa shape index (κ3) is 4.96. The van der Waals surface area contributed by atoms with Crippen LogP contribution in [0.15, 0.2) is 77.4 Å². The van der Waals surface area contributed by atoms with Gasteiger partial charge in [-0.2, -0.15) is 0 Å². The summed E-state index contributed by atoms with van der Waals surface area (Å²) in [7, 11) is 0. The number of esters is 1. The van der Waals surface area contributed by atoms with Crippen molar-refractivity contribution in [2.75, 3.05) is 0 Å². The van der Waals surface area contributed by atoms with E-state index < -0.39 is 15.8 Å². The molecule has 0 saturated heterocycles. The lowest BCUT2D eigenvalue weighted by molar-refractivity contribution is -0.385. The number of nitrogens with zero attached hydrogens (tertiary/aromatic N) is 3. The van der Waals surface area contributed by atoms with E-state index in [-0.39, 0.29) is 29.6 Å². The number of carbonyl (C=O) groups excluding carboxylic acids is 1. The number of rotatable bonds is 7. The highest BCUT2D eigenvalue weighted by Gasteiger charge is 2.25. The molecule has 0 atom stereocenters. The molecule has 3 aromatic rings. The number of ether oxygens (including phenoxy) is 2. The first kappa shape index (κ1) is 22.3. The number of benzene rings is 3. The fourth-order valence-corrected chi connectivity index (χ4v) is 3.26. The van der Waals surface area contributed by atoms with Crippen LogP contribution in [0.3, 0.4) is 0 Å². The molecule has 1 aliphatic heterocycles. The Morgan fingerprint density at radius 3 is 2.44 bits per heavy atom. The Bertz CT molecular complexity index is 1360. The molecular formula is C24H17N3O7. The minimum Gasteiger partial charge on any atom is -0.489 e. The predicted molar refractivity (Wildman–Crippen MR) is 122 cm³/mol. The first-order valence-electron chi connectivity index (χ1n) is 10.0. The lowest BCUT2D eigenvalue weighted by Gasteiger charge is -2.07. The summed E-state index contributed by atoms with van der Waals surface area (Å²) >= 11 is 0. The fourth-order valence-electron chi connectivity index (χ4n) is 3.26. The van der Waals surface area contributed by atoms with Crippen molar-refractivity contribution in [2.45, 2.75) is 13.5 Å². The number of hydrogen-bond acceptors (Lipinski definition) is 8. The van der Waals surface area contributed by atoms with Crippen molar-refractivity contribution in [3.8, 4) is 5.75 Å². The molecule has 0 radical (unpaired) electrons. The van der Waals surface area contributed by atoms with Crippen molar-refractivity contribution >= 4 is 29.3 Å². The van der Waals surface area contributed by atoms with Crippen molar-refractivity contribution in [1.82, 2.24) is 0 Å². The lowest BCUT2D eigenvalue weighted by Crippen LogP contribution is -2.06. The number of carbonyl (C=O) groups is 1. The van der Waals surface area contributed by atoms with Crippen LogP contribution in [0.25, 0.3) is 6.08 Å². The molecular weight excluding hydrogens is 442 g/mol. The van der Waals surface area contributed by atoms with Crippen molar-refractivity contribution in [2.24, 2.45) is 4.99 Å². The van der Waals surface area contributed by atoms with Crippen LogP contribution in [0, 0.1) is 27.2 Å². The molecule has 10 heteroatoms. The molecule has 0 unspecified atom stereocenters. The number of nitro groups is 2. The van der Waals surface area contributed by atoms with Crippen molar-refractivity contribution in [3.63, 3.8) is 0 Å². The highest BCUT2D eigenvalue weighted by molar-refractivity contribution is 6.13. The largest absolute Gasteiger partial charge is 0.489 e. The van der Waals surface area contributed by atoms with E-state index in [4.69, 9.17) is 9.47 Å². The van der Waals surface area contributed by atoms with Crippen molar-refractivity contribution in [3.05, 3.63) is 115 Å². The Morgan fingerprint density at radius 1 is 1.00 bits per heavy atom. The second kappa shape index (κ2) is 9.33. The van der Waals surface area contributed by atoms with Gasteiger partial charge in [0.2, 0.25) is 5.90 Å². The highest BCUT2D eigenvalue weighted by atomic mass is 16.6. The maximum absolute atomic E-state index is 12.3. The summed E-state index contributed by atoms with van der Waals surface area (Å²) < 4.78 is 11.0. The molecule has 0 spiro atoms. The molecule has 4 rings (SSSR count). The smallest absolute Gasteiger partial charge is 0.363 e. The molecule has 170 valence electrons. The van der Waals surface area contributed by atoms with Crippen LogP contribution in [0.2, 0.25) is 0 Å². The molecule has 34 heavy (non-hydrogen) atoms. The number of hydrogen-bond donors (Lipinski definition) is 0. The maximum atomic E-state index is 12.3. The zero-order valence-electron chi connectivity index (χ0n) is 17.8. The van der Waals surface area contributed by atoms with Gasteiger partial charge < -0.3 is 9.47 Å². The van der Waals surface area contributed by atoms with Crippen molar-refractivity contribution in [1.29, 1.82) is 0 Å². The SMILES string of the molecule is Cc1cc(C2=N/C(=C\c3cccc(OCc4ccc([N+](=O)[O-])cc4)c3)C(=O)O2)ccc1[N+](=O)[O-]. The van der Waals surface area contributed by atoms with Crippen LogP contribution in [0.5, 0.6) is 5.75 Å². The topological polar surface area (TPSA) is 134 Å². The summed E-state index contributed by atoms with van der Waals surface area (Å²) in [6.45, 7) is 1.81. The van der Waals surface area contributed by atoms with Crippen LogP contribution in [0.4, 0.5) is 11.4 Å². The van der Waals surface area contributed by atoms with Gasteiger partial charge in [-0.3, -0.25) is 20.2 Å². The van der Waals surface area contributed by atoms with Gasteiger partial charge in [-0.15, -0.1) is 0 Å². The lowest BCUT2D eigenvalue weighted by atomic mass is 10.1. The molecule has 0 amide bonds. The second-order valence-electron chi connectivity index (χ2n) is 7.38. The Hall–Kier alpha value is -4.86. The summed E-state index contributed by atoms with van der Waals surface area (Å²) in [5.74, 6) is -0.0303. The summed E-state index contributed by atoms with van der Waals surface area (Å²) in [5, 5.41) is 21.8. The number of nitro benzene ring substituents is 2. The number of cyclic esters (lactones) is 1. The number of non-ortho nitro benzene ring substituents is 1. The third-order valence-electron chi connectivity index (χ3n) is 4.98. The normalized spacial score (nSPS) is 14.0. The molecule has 1 heterocycles. The number of aryl methyl sites for hydroxylation is 1. The molecule has 3 aromatic carbocycles. The summed E-state index contributed by atoms with van der Waals surface area (Å²) in [5.41, 5.74) is 2.36. The first-order valence-corrected chi connectivity index (χ1v) is 10.0. The van der Waals surface area contributed by atoms with E-state index in [1.165, 1.54) is 24.3 Å². The van der Waals surface area contributed by atoms with Gasteiger partial charge in [0.1, 0.15) is 12.4 Å². The van der Waals surface area contributed by atoms with Gasteiger partial charge in [0.15, 0.2) is 5.70 Å². The molecule has 0 aromatic heterocycles. The monoisotopic (exact) mass is 459 g/mol. The van der Waals surface area contributed by atoms with E-state index in [9.17, 15) is 25.0 Å². The molecule has 10 nitrogen and oxygen atoms in total. The standard InChI is InChI=1S/C24H17N3O7/c1-15-11-18(7-10-22(15)27(31)32)23-25-21(24(28)34-23)13-17-3-2-4-20(12-17)33-14-16-5-8-19(9-6-16)26(29)30/h2-13H,14H2,1H3/b21-13-. The van der Waals surface area contributed by atoms with Gasteiger partial charge in [0, 0.05) is 29.3 Å². The van der Waals surface area contributed by atoms with Gasteiger partial charge in [-0.05, 0) is 60.5 Å². The van der Waals surface area contributed by atoms with E-state index in [0.717, 1.165) is 5.56 Å². The summed E-state index contributed by atoms with van der Waals surface area (Å²) in [6, 6.07) is 17.4. The molecule has 1 aliphatic rings. The first-order chi connectivity index (χ1) is 16.3. The van der Waals surface area contributed by atoms with Crippen LogP contribution in [-0.4, -0.2) is 21.7 Å². The molecule has 0 bridgehead atoms. The average molecular weight is 459 g/mol. The second-order valence-corrected chi connectivity index (χ2v) is 7.38. The molecule has 0 aliphatic carbocycles. The summed E-state index contributed by atoms with van der Waals surface area (Å²) in [4.78, 5) is 37.3. The van der Waals surface area contributed by atoms with Crippen molar-refractivity contribution < 1.29 is 24.1 Å². The quantitative estimate of drug-likeness (QED) is 0.216. The fraction of sp³-hybridized carbons (Fsp3) is 0.0833. The number of aliphatic imine (C=N–C) groups is 1. The maximum Gasteiger partial charge on any atom is 0.363 e. The van der Waals surface area contributed by atoms with Crippen LogP contribution < -0.4 is 4.74 Å². The Kier molecular flexibility index (Phi) is 6.13. The zero-order chi connectivity index (χ0) is 24.2. The predicted octanol–water partition coefficient (Wildman–Crippen LogP) is 4.73. The Morgan fingerprint density at radius 2 is 1.76 bits per heavy atom. The van der Waals surface area contributed by atoms with Gasteiger partial charge in [0.25, 0.3) is 11.4 Å². The minimum absolute atomic E-state index is 0.00429. The van der Waals surface area contributed by atoms with E-state index >= 15 is 0 Å². The van der Waals surface area contributed by atoms with Gasteiger partial charge in [-0.1, -0.05) is 12.1 Å². The van der Waals surface area contributed by atoms with Gasteiger partial charge >= 0.3 is 5.97 Å². The van der Waals surface area contributed by atoms with Crippen LogP contribution >= 0.6 is 0 Å². The average Bonchev–Trinajstić information content (AvgIpc) is 3.18. The Labute approximate surface area is 193 Å². The van der Waals surface area contributed by atoms with E-state index in [2.05, 4.69) is 4.99 Å². The van der Waals surface area contributed by atoms with E-state index in [0.29, 0.717) is 22.4 Å². The molecule has 0 fully saturated rings. The zero-order valence-corrected chi connectivity index (χ0v) is 17.8. The molecule has 0 N–H and O–H groups in total. The Balaban J connectivity index is 1.49. The third-order valence-corrected chi connectivity index (χ3v) is 4.98. The summed E-state index contributed by atoms with van der Waals surface area (Å²) in [6.07, 6.45) is 1.55. The minimum atomic E-state index is -0.636. The van der Waals surface area contributed by atoms with Crippen LogP contribution in [-0.2, 0) is 16.1 Å². The van der Waals surface area contributed by atoms with E-state index in [1.807, 2.05) is 0 Å². The molecule has 0 saturated carbocycles. The van der Waals surface area contributed by atoms with Gasteiger partial charge in [-0.25, -0.2) is 9.79 Å². The highest BCUT2D eigenvalue weighted by Crippen LogP contribution is 2.25. The van der Waals surface area contributed by atoms with Crippen LogP contribution in [0.1, 0.15) is 22.3 Å². The van der Waals surface area contributed by atoms with E-state index in [1.54, 1.807) is 55.5 Å². The van der Waals surface area contributed by atoms with Gasteiger partial charge in [0.05, 0.1) is 9.85 Å².